The largest absolute Gasteiger partial charge is 0.480 e. The van der Waals surface area contributed by atoms with Crippen LogP contribution in [-0.4, -0.2) is 63.3 Å². The van der Waals surface area contributed by atoms with Crippen LogP contribution in [0.3, 0.4) is 0 Å². The molecule has 0 aromatic heterocycles. The van der Waals surface area contributed by atoms with Gasteiger partial charge in [-0.2, -0.15) is 0 Å². The van der Waals surface area contributed by atoms with Gasteiger partial charge >= 0.3 is 5.97 Å². The van der Waals surface area contributed by atoms with Crippen molar-refractivity contribution in [1.29, 1.82) is 0 Å². The van der Waals surface area contributed by atoms with Crippen molar-refractivity contribution in [2.75, 3.05) is 10.6 Å². The molecule has 0 bridgehead atoms. The van der Waals surface area contributed by atoms with Gasteiger partial charge in [-0.1, -0.05) is 71.6 Å². The summed E-state index contributed by atoms with van der Waals surface area (Å²) >= 11 is 12.1. The number of carbonyl (C=O) groups is 4. The molecule has 3 amide bonds. The predicted octanol–water partition coefficient (Wildman–Crippen LogP) is 5.56. The zero-order chi connectivity index (χ0) is 49.9. The van der Waals surface area contributed by atoms with Crippen molar-refractivity contribution < 1.29 is 48.2 Å². The van der Waals surface area contributed by atoms with Crippen molar-refractivity contribution in [3.05, 3.63) is 140 Å². The number of aliphatic hydroxyl groups excluding tert-OH is 2. The number of aliphatic carboxylic acids is 1. The molecule has 10 N–H and O–H groups in total. The topological polar surface area (TPSA) is 224 Å². The fraction of sp³-hybridized carbons (Fsp3) is 0.211. The van der Waals surface area contributed by atoms with Crippen LogP contribution in [0.1, 0.15) is 59.4 Å². The van der Waals surface area contributed by atoms with Gasteiger partial charge in [-0.05, 0) is 75.1 Å². The molecule has 0 aliphatic rings. The zero-order valence-electron chi connectivity index (χ0n) is 39.3. The first kappa shape index (κ1) is 31.2. The fourth-order valence-electron chi connectivity index (χ4n) is 4.01. The van der Waals surface area contributed by atoms with Crippen LogP contribution in [0.15, 0.2) is 84.7 Å². The number of benzene rings is 4. The number of hydrogen-bond donors (Lipinski definition) is 9. The van der Waals surface area contributed by atoms with Gasteiger partial charge in [-0.15, -0.1) is 0 Å². The lowest BCUT2D eigenvalue weighted by molar-refractivity contribution is -0.140. The molecule has 0 aliphatic heterocycles. The van der Waals surface area contributed by atoms with Gasteiger partial charge in [0.1, 0.15) is 6.04 Å². The summed E-state index contributed by atoms with van der Waals surface area (Å²) in [7, 11) is 0. The summed E-state index contributed by atoms with van der Waals surface area (Å²) in [6.07, 6.45) is -2.28. The van der Waals surface area contributed by atoms with E-state index >= 15 is 0 Å². The Morgan fingerprint density at radius 1 is 0.709 bits per heavy atom. The number of nitrogen functional groups attached to an aromatic ring is 1. The van der Waals surface area contributed by atoms with E-state index in [1.54, 1.807) is 25.3 Å². The van der Waals surface area contributed by atoms with Crippen LogP contribution in [0.25, 0.3) is 9.69 Å². The lowest BCUT2D eigenvalue weighted by Gasteiger charge is -2.23. The van der Waals surface area contributed by atoms with Gasteiger partial charge in [0.2, 0.25) is 11.4 Å². The molecule has 4 rings (SSSR count). The van der Waals surface area contributed by atoms with Gasteiger partial charge in [0.25, 0.3) is 17.7 Å². The summed E-state index contributed by atoms with van der Waals surface area (Å²) in [6, 6.07) is -2.63. The number of carbonyl (C=O) groups excluding carboxylic acids is 3. The maximum absolute atomic E-state index is 12.6. The van der Waals surface area contributed by atoms with E-state index in [2.05, 4.69) is 25.7 Å². The normalized spacial score (nSPS) is 14.7. The van der Waals surface area contributed by atoms with Crippen molar-refractivity contribution in [2.24, 2.45) is 5.84 Å². The quantitative estimate of drug-likeness (QED) is 0.0421. The number of amides is 3. The molecule has 0 heterocycles. The second kappa shape index (κ2) is 22.1. The molecule has 0 spiro atoms. The monoisotopic (exact) mass is 800 g/mol. The minimum Gasteiger partial charge on any atom is -0.480 e. The van der Waals surface area contributed by atoms with Gasteiger partial charge in [0.05, 0.1) is 49.1 Å². The van der Waals surface area contributed by atoms with Gasteiger partial charge < -0.3 is 26.0 Å². The Labute approximate surface area is 342 Å². The number of nitrogens with zero attached hydrogens (tertiary/aromatic N) is 2. The van der Waals surface area contributed by atoms with Gasteiger partial charge in [-0.25, -0.2) is 20.3 Å². The maximum Gasteiger partial charge on any atom is 0.328 e. The van der Waals surface area contributed by atoms with E-state index in [9.17, 15) is 29.4 Å². The fourth-order valence-corrected chi connectivity index (χ4v) is 4.43. The van der Waals surface area contributed by atoms with E-state index in [0.717, 1.165) is 0 Å². The summed E-state index contributed by atoms with van der Waals surface area (Å²) in [4.78, 5) is 53.6. The van der Waals surface area contributed by atoms with E-state index in [1.165, 1.54) is 32.0 Å². The molecule has 4 aromatic rings. The molecule has 4 atom stereocenters. The molecule has 288 valence electrons. The Kier molecular flexibility index (Phi) is 12.5. The Morgan fingerprint density at radius 2 is 1.11 bits per heavy atom. The van der Waals surface area contributed by atoms with Crippen molar-refractivity contribution >= 4 is 69.6 Å². The molecule has 4 aromatic carbocycles. The highest BCUT2D eigenvalue weighted by Crippen LogP contribution is 2.34. The number of carboxylic acid groups (broad SMARTS) is 1. The number of halogens is 2. The number of aliphatic hydroxyl groups is 2. The van der Waals surface area contributed by atoms with Crippen LogP contribution in [-0.2, 0) is 9.59 Å². The minimum absolute atomic E-state index is 0.184. The second-order valence-corrected chi connectivity index (χ2v) is 11.6. The van der Waals surface area contributed by atoms with E-state index in [4.69, 9.17) is 61.0 Å². The number of nitrogens with one attached hydrogen (secondary N) is 5. The molecule has 55 heavy (non-hydrogen) atoms. The minimum atomic E-state index is -1.26. The van der Waals surface area contributed by atoms with Crippen LogP contribution in [0.2, 0.25) is 10.0 Å². The molecule has 0 saturated heterocycles. The Bertz CT molecular complexity index is 2560. The standard InChI is InChI=1S/C19H19ClN4O3.C12H13ClN2O3.C7H8N2O/c1-11-14(9-10-15(21-3)16(11)20)22-17(12(2)25)19(27)24-23-18(26)13-7-5-4-6-8-13;1-6-8(4-5-9(14-3)10(6)13)15-11(7(2)16)12(17)18;8-9-7(10)6-4-2-1-3-5-6/h4-10,12,17,22,25H,1-2H3,(H,23,26)(H,24,27);4-5,7,11,15-16H,1-2H3,(H,17,18);1-5H,8H2,(H,9,10)/t12-,17+;7-,11+;/m00./s1/i4D,5D,6D,7D,8D;;1D,2D,3D,4D,5D. The van der Waals surface area contributed by atoms with Crippen molar-refractivity contribution in [2.45, 2.75) is 52.0 Å². The van der Waals surface area contributed by atoms with E-state index in [-0.39, 0.29) is 15.7 Å². The number of rotatable bonds is 10. The van der Waals surface area contributed by atoms with E-state index in [1.807, 2.05) is 5.43 Å². The zero-order valence-corrected chi connectivity index (χ0v) is 30.8. The van der Waals surface area contributed by atoms with Gasteiger partial charge in [0, 0.05) is 22.5 Å². The smallest absolute Gasteiger partial charge is 0.328 e. The molecule has 15 nitrogen and oxygen atoms in total. The molecule has 0 radical (unpaired) electrons. The SMILES string of the molecule is [2H]c1c([2H])c([2H])c(C(=O)NN)c([2H])c1[2H].[2H]c1c([2H])c([2H])c(C(=O)NNC(=O)[C@H](Nc2ccc([N+]#[C-])c(Cl)c2C)[C@H](C)O)c([2H])c1[2H].[C-]#[N+]c1ccc(N[C@@H](C(=O)O)[C@H](C)O)c(C)c1Cl. The predicted molar refractivity (Wildman–Crippen MR) is 211 cm³/mol. The number of hydrazine groups is 2. The summed E-state index contributed by atoms with van der Waals surface area (Å²) in [5.41, 5.74) is 7.14. The van der Waals surface area contributed by atoms with Gasteiger partial charge in [0.15, 0.2) is 6.04 Å². The van der Waals surface area contributed by atoms with E-state index in [0.29, 0.717) is 28.2 Å². The number of carboxylic acids is 1. The molecule has 0 unspecified atom stereocenters. The van der Waals surface area contributed by atoms with Gasteiger partial charge in [-0.3, -0.25) is 30.7 Å². The average molecular weight is 802 g/mol. The molecule has 0 aliphatic carbocycles. The molecular formula is C38H40Cl2N8O7. The van der Waals surface area contributed by atoms with Crippen LogP contribution in [0.5, 0.6) is 0 Å². The van der Waals surface area contributed by atoms with Crippen LogP contribution >= 0.6 is 23.2 Å². The first-order valence-electron chi connectivity index (χ1n) is 20.4. The first-order valence-corrected chi connectivity index (χ1v) is 16.2. The second-order valence-electron chi connectivity index (χ2n) is 10.8. The first-order chi connectivity index (χ1) is 30.2. The summed E-state index contributed by atoms with van der Waals surface area (Å²) in [5, 5.41) is 34.3. The Balaban J connectivity index is 0.000000370. The lowest BCUT2D eigenvalue weighted by Crippen LogP contribution is -2.52. The third kappa shape index (κ3) is 13.3. The number of anilines is 2. The molecule has 0 fully saturated rings. The highest BCUT2D eigenvalue weighted by atomic mass is 35.5. The highest BCUT2D eigenvalue weighted by Gasteiger charge is 2.26. The van der Waals surface area contributed by atoms with Crippen LogP contribution < -0.4 is 32.8 Å². The number of nitrogens with two attached hydrogens (primary N) is 1. The van der Waals surface area contributed by atoms with Crippen molar-refractivity contribution in [3.8, 4) is 0 Å². The molecular weight excluding hydrogens is 751 g/mol. The van der Waals surface area contributed by atoms with Crippen molar-refractivity contribution in [3.63, 3.8) is 0 Å². The lowest BCUT2D eigenvalue weighted by atomic mass is 10.1. The van der Waals surface area contributed by atoms with Crippen LogP contribution in [0, 0.1) is 27.0 Å². The molecule has 17 heteroatoms. The highest BCUT2D eigenvalue weighted by molar-refractivity contribution is 6.35. The Morgan fingerprint density at radius 3 is 1.47 bits per heavy atom. The van der Waals surface area contributed by atoms with E-state index < -0.39 is 120 Å². The third-order valence-electron chi connectivity index (χ3n) is 6.99. The summed E-state index contributed by atoms with van der Waals surface area (Å²) in [6.45, 7) is 20.0. The van der Waals surface area contributed by atoms with Crippen molar-refractivity contribution in [1.82, 2.24) is 16.3 Å². The Hall–Kier alpha value is -6.20. The third-order valence-corrected chi connectivity index (χ3v) is 7.95. The summed E-state index contributed by atoms with van der Waals surface area (Å²) < 4.78 is 75.0. The summed E-state index contributed by atoms with van der Waals surface area (Å²) in [5.74, 6) is 0.782. The number of hydrogen-bond acceptors (Lipinski definition) is 9. The molecule has 0 saturated carbocycles. The maximum atomic E-state index is 12.6. The van der Waals surface area contributed by atoms with Crippen LogP contribution in [0.4, 0.5) is 22.7 Å². The average Bonchev–Trinajstić information content (AvgIpc) is 3.26.